The molecule has 0 saturated carbocycles. The Morgan fingerprint density at radius 1 is 1.40 bits per heavy atom. The van der Waals surface area contributed by atoms with Gasteiger partial charge in [-0.15, -0.1) is 0 Å². The molecule has 0 fully saturated rings. The standard InChI is InChI=1S/C16H20O4/c1-5-8-16(4,20-15(17)11(2)3)12-6-7-13-14(9-12)19-10-18-13/h6-7,9H,2,5,8,10H2,1,3-4H3. The van der Waals surface area contributed by atoms with Crippen LogP contribution in [-0.2, 0) is 15.1 Å². The van der Waals surface area contributed by atoms with E-state index >= 15 is 0 Å². The molecular weight excluding hydrogens is 256 g/mol. The minimum absolute atomic E-state index is 0.231. The molecule has 1 heterocycles. The van der Waals surface area contributed by atoms with Crippen LogP contribution in [0.3, 0.4) is 0 Å². The molecule has 1 aromatic carbocycles. The molecule has 108 valence electrons. The summed E-state index contributed by atoms with van der Waals surface area (Å²) in [5.41, 5.74) is 0.609. The molecule has 2 rings (SSSR count). The van der Waals surface area contributed by atoms with Crippen molar-refractivity contribution < 1.29 is 19.0 Å². The molecule has 1 aromatic rings. The Balaban J connectivity index is 2.31. The molecule has 0 aliphatic carbocycles. The Bertz CT molecular complexity index is 535. The number of fused-ring (bicyclic) bond motifs is 1. The number of benzene rings is 1. The number of esters is 1. The molecule has 0 aromatic heterocycles. The largest absolute Gasteiger partial charge is 0.454 e. The van der Waals surface area contributed by atoms with Crippen LogP contribution in [0.2, 0.25) is 0 Å². The van der Waals surface area contributed by atoms with Gasteiger partial charge in [0.25, 0.3) is 0 Å². The van der Waals surface area contributed by atoms with E-state index in [-0.39, 0.29) is 12.8 Å². The van der Waals surface area contributed by atoms with Crippen LogP contribution in [0.5, 0.6) is 11.5 Å². The lowest BCUT2D eigenvalue weighted by Crippen LogP contribution is -2.29. The van der Waals surface area contributed by atoms with E-state index in [4.69, 9.17) is 14.2 Å². The number of carbonyl (C=O) groups excluding carboxylic acids is 1. The summed E-state index contributed by atoms with van der Waals surface area (Å²) in [7, 11) is 0. The van der Waals surface area contributed by atoms with E-state index in [1.54, 1.807) is 6.92 Å². The number of hydrogen-bond acceptors (Lipinski definition) is 4. The fourth-order valence-electron chi connectivity index (χ4n) is 2.25. The minimum atomic E-state index is -0.689. The predicted octanol–water partition coefficient (Wildman–Crippen LogP) is 3.55. The third kappa shape index (κ3) is 2.79. The van der Waals surface area contributed by atoms with Gasteiger partial charge in [-0.25, -0.2) is 4.79 Å². The maximum atomic E-state index is 11.9. The van der Waals surface area contributed by atoms with Crippen molar-refractivity contribution in [3.8, 4) is 11.5 Å². The first-order valence-electron chi connectivity index (χ1n) is 6.75. The first kappa shape index (κ1) is 14.4. The highest BCUT2D eigenvalue weighted by molar-refractivity contribution is 5.87. The van der Waals surface area contributed by atoms with E-state index in [0.29, 0.717) is 11.3 Å². The maximum Gasteiger partial charge on any atom is 0.333 e. The Kier molecular flexibility index (Phi) is 4.02. The van der Waals surface area contributed by atoms with E-state index in [1.165, 1.54) is 0 Å². The Morgan fingerprint density at radius 3 is 2.75 bits per heavy atom. The van der Waals surface area contributed by atoms with Gasteiger partial charge in [0, 0.05) is 5.57 Å². The van der Waals surface area contributed by atoms with Crippen LogP contribution in [0.1, 0.15) is 39.2 Å². The fourth-order valence-corrected chi connectivity index (χ4v) is 2.25. The second-order valence-electron chi connectivity index (χ2n) is 5.22. The van der Waals surface area contributed by atoms with Gasteiger partial charge in [-0.1, -0.05) is 26.0 Å². The van der Waals surface area contributed by atoms with Gasteiger partial charge < -0.3 is 14.2 Å². The number of hydrogen-bond donors (Lipinski definition) is 0. The quantitative estimate of drug-likeness (QED) is 0.609. The predicted molar refractivity (Wildman–Crippen MR) is 75.7 cm³/mol. The van der Waals surface area contributed by atoms with Gasteiger partial charge in [0.1, 0.15) is 5.60 Å². The van der Waals surface area contributed by atoms with Gasteiger partial charge in [0.15, 0.2) is 11.5 Å². The van der Waals surface area contributed by atoms with E-state index in [2.05, 4.69) is 13.5 Å². The number of ether oxygens (including phenoxy) is 3. The lowest BCUT2D eigenvalue weighted by molar-refractivity contribution is -0.155. The highest BCUT2D eigenvalue weighted by Crippen LogP contribution is 2.39. The molecule has 0 saturated heterocycles. The zero-order valence-electron chi connectivity index (χ0n) is 12.2. The molecule has 1 aliphatic heterocycles. The highest BCUT2D eigenvalue weighted by Gasteiger charge is 2.32. The summed E-state index contributed by atoms with van der Waals surface area (Å²) in [5.74, 6) is 1.04. The summed E-state index contributed by atoms with van der Waals surface area (Å²) >= 11 is 0. The Hall–Kier alpha value is -1.97. The summed E-state index contributed by atoms with van der Waals surface area (Å²) in [4.78, 5) is 11.9. The van der Waals surface area contributed by atoms with Crippen LogP contribution >= 0.6 is 0 Å². The average molecular weight is 276 g/mol. The van der Waals surface area contributed by atoms with Crippen LogP contribution in [0.4, 0.5) is 0 Å². The topological polar surface area (TPSA) is 44.8 Å². The van der Waals surface area contributed by atoms with Crippen molar-refractivity contribution in [3.05, 3.63) is 35.9 Å². The highest BCUT2D eigenvalue weighted by atomic mass is 16.7. The molecule has 0 bridgehead atoms. The van der Waals surface area contributed by atoms with Crippen LogP contribution in [0, 0.1) is 0 Å². The minimum Gasteiger partial charge on any atom is -0.454 e. The zero-order valence-corrected chi connectivity index (χ0v) is 12.2. The van der Waals surface area contributed by atoms with Crippen LogP contribution in [-0.4, -0.2) is 12.8 Å². The lowest BCUT2D eigenvalue weighted by Gasteiger charge is -2.30. The third-order valence-electron chi connectivity index (χ3n) is 3.38. The fraction of sp³-hybridized carbons (Fsp3) is 0.438. The zero-order chi connectivity index (χ0) is 14.8. The maximum absolute atomic E-state index is 11.9. The van der Waals surface area contributed by atoms with Crippen molar-refractivity contribution >= 4 is 5.97 Å². The van der Waals surface area contributed by atoms with E-state index in [9.17, 15) is 4.79 Å². The van der Waals surface area contributed by atoms with Gasteiger partial charge in [-0.3, -0.25) is 0 Å². The molecule has 0 N–H and O–H groups in total. The lowest BCUT2D eigenvalue weighted by atomic mass is 9.90. The second kappa shape index (κ2) is 5.57. The van der Waals surface area contributed by atoms with Crippen molar-refractivity contribution in [2.24, 2.45) is 0 Å². The smallest absolute Gasteiger partial charge is 0.333 e. The monoisotopic (exact) mass is 276 g/mol. The van der Waals surface area contributed by atoms with Crippen molar-refractivity contribution in [2.75, 3.05) is 6.79 Å². The average Bonchev–Trinajstić information content (AvgIpc) is 2.85. The van der Waals surface area contributed by atoms with Crippen LogP contribution in [0.15, 0.2) is 30.4 Å². The molecule has 0 radical (unpaired) electrons. The summed E-state index contributed by atoms with van der Waals surface area (Å²) in [6, 6.07) is 5.64. The number of rotatable bonds is 5. The van der Waals surface area contributed by atoms with Crippen LogP contribution in [0.25, 0.3) is 0 Å². The molecule has 4 nitrogen and oxygen atoms in total. The summed E-state index contributed by atoms with van der Waals surface area (Å²) in [5, 5.41) is 0. The first-order chi connectivity index (χ1) is 9.46. The van der Waals surface area contributed by atoms with E-state index in [1.807, 2.05) is 25.1 Å². The SMILES string of the molecule is C=C(C)C(=O)OC(C)(CCC)c1ccc2c(c1)OCO2. The summed E-state index contributed by atoms with van der Waals surface area (Å²) < 4.78 is 16.3. The van der Waals surface area contributed by atoms with Gasteiger partial charge in [-0.2, -0.15) is 0 Å². The molecule has 1 aliphatic rings. The van der Waals surface area contributed by atoms with E-state index in [0.717, 1.165) is 24.2 Å². The molecule has 1 atom stereocenters. The van der Waals surface area contributed by atoms with Crippen molar-refractivity contribution in [3.63, 3.8) is 0 Å². The summed E-state index contributed by atoms with van der Waals surface area (Å²) in [6.07, 6.45) is 1.63. The molecule has 1 unspecified atom stereocenters. The van der Waals surface area contributed by atoms with Gasteiger partial charge in [0.2, 0.25) is 6.79 Å². The van der Waals surface area contributed by atoms with Crippen molar-refractivity contribution in [1.29, 1.82) is 0 Å². The Labute approximate surface area is 119 Å². The van der Waals surface area contributed by atoms with E-state index < -0.39 is 5.60 Å². The van der Waals surface area contributed by atoms with Crippen molar-refractivity contribution in [2.45, 2.75) is 39.2 Å². The Morgan fingerprint density at radius 2 is 2.10 bits per heavy atom. The molecular formula is C16H20O4. The summed E-state index contributed by atoms with van der Waals surface area (Å²) in [6.45, 7) is 9.48. The van der Waals surface area contributed by atoms with Gasteiger partial charge in [-0.05, 0) is 38.0 Å². The molecule has 0 spiro atoms. The van der Waals surface area contributed by atoms with Crippen LogP contribution < -0.4 is 9.47 Å². The molecule has 0 amide bonds. The van der Waals surface area contributed by atoms with Gasteiger partial charge in [0.05, 0.1) is 0 Å². The second-order valence-corrected chi connectivity index (χ2v) is 5.22. The molecule has 4 heteroatoms. The van der Waals surface area contributed by atoms with Gasteiger partial charge >= 0.3 is 5.97 Å². The third-order valence-corrected chi connectivity index (χ3v) is 3.38. The normalized spacial score (nSPS) is 15.6. The van der Waals surface area contributed by atoms with Crippen molar-refractivity contribution in [1.82, 2.24) is 0 Å². The number of carbonyl (C=O) groups is 1. The molecule has 20 heavy (non-hydrogen) atoms. The first-order valence-corrected chi connectivity index (χ1v) is 6.75.